The molecule has 0 amide bonds. The number of rotatable bonds is 2. The standard InChI is InChI=1S/C6H9FO3/c1-9-5(8)4-3-6(4,7)10-2/h4H,3H2,1-2H3. The minimum atomic E-state index is -1.74. The van der Waals surface area contributed by atoms with E-state index in [-0.39, 0.29) is 6.42 Å². The number of carbonyl (C=O) groups is 1. The Morgan fingerprint density at radius 2 is 2.30 bits per heavy atom. The van der Waals surface area contributed by atoms with Gasteiger partial charge in [-0.05, 0) is 0 Å². The summed E-state index contributed by atoms with van der Waals surface area (Å²) in [5.41, 5.74) is 0. The van der Waals surface area contributed by atoms with Gasteiger partial charge in [0.05, 0.1) is 7.11 Å². The topological polar surface area (TPSA) is 35.5 Å². The molecular weight excluding hydrogens is 139 g/mol. The van der Waals surface area contributed by atoms with Crippen molar-refractivity contribution in [1.82, 2.24) is 0 Å². The van der Waals surface area contributed by atoms with E-state index in [9.17, 15) is 9.18 Å². The van der Waals surface area contributed by atoms with Gasteiger partial charge in [-0.3, -0.25) is 4.79 Å². The molecule has 0 aromatic carbocycles. The van der Waals surface area contributed by atoms with Crippen LogP contribution in [0.25, 0.3) is 0 Å². The average molecular weight is 148 g/mol. The van der Waals surface area contributed by atoms with Gasteiger partial charge in [0.1, 0.15) is 5.92 Å². The zero-order chi connectivity index (χ0) is 7.78. The van der Waals surface area contributed by atoms with Crippen molar-refractivity contribution < 1.29 is 18.7 Å². The van der Waals surface area contributed by atoms with Gasteiger partial charge in [-0.2, -0.15) is 0 Å². The molecule has 2 unspecified atom stereocenters. The largest absolute Gasteiger partial charge is 0.469 e. The Morgan fingerprint density at radius 3 is 2.60 bits per heavy atom. The number of hydrogen-bond acceptors (Lipinski definition) is 3. The van der Waals surface area contributed by atoms with Gasteiger partial charge in [-0.15, -0.1) is 0 Å². The van der Waals surface area contributed by atoms with Gasteiger partial charge < -0.3 is 9.47 Å². The highest BCUT2D eigenvalue weighted by molar-refractivity contribution is 5.77. The van der Waals surface area contributed by atoms with Crippen LogP contribution in [0.15, 0.2) is 0 Å². The molecule has 58 valence electrons. The van der Waals surface area contributed by atoms with Crippen LogP contribution in [0.5, 0.6) is 0 Å². The molecule has 4 heteroatoms. The third-order valence-electron chi connectivity index (χ3n) is 1.67. The molecular formula is C6H9FO3. The first kappa shape index (κ1) is 7.47. The van der Waals surface area contributed by atoms with Crippen molar-refractivity contribution in [1.29, 1.82) is 0 Å². The molecule has 0 radical (unpaired) electrons. The molecule has 0 saturated heterocycles. The van der Waals surface area contributed by atoms with Gasteiger partial charge in [0.25, 0.3) is 0 Å². The predicted octanol–water partition coefficient (Wildman–Crippen LogP) is 0.491. The second-order valence-corrected chi connectivity index (χ2v) is 2.27. The fourth-order valence-corrected chi connectivity index (χ4v) is 0.847. The smallest absolute Gasteiger partial charge is 0.314 e. The maximum absolute atomic E-state index is 12.8. The van der Waals surface area contributed by atoms with E-state index in [1.54, 1.807) is 0 Å². The Hall–Kier alpha value is -0.640. The predicted molar refractivity (Wildman–Crippen MR) is 31.0 cm³/mol. The van der Waals surface area contributed by atoms with Crippen LogP contribution in [0.3, 0.4) is 0 Å². The molecule has 0 aromatic heterocycles. The van der Waals surface area contributed by atoms with E-state index in [0.717, 1.165) is 0 Å². The SMILES string of the molecule is COC(=O)C1CC1(F)OC. The molecule has 0 aromatic rings. The van der Waals surface area contributed by atoms with Crippen molar-refractivity contribution in [2.24, 2.45) is 5.92 Å². The van der Waals surface area contributed by atoms with E-state index in [2.05, 4.69) is 9.47 Å². The van der Waals surface area contributed by atoms with Crippen LogP contribution in [0.4, 0.5) is 4.39 Å². The highest BCUT2D eigenvalue weighted by atomic mass is 19.2. The van der Waals surface area contributed by atoms with E-state index in [0.29, 0.717) is 0 Å². The molecule has 1 fully saturated rings. The summed E-state index contributed by atoms with van der Waals surface area (Å²) in [5, 5.41) is 0. The summed E-state index contributed by atoms with van der Waals surface area (Å²) in [6.07, 6.45) is 0.121. The molecule has 10 heavy (non-hydrogen) atoms. The Bertz CT molecular complexity index is 159. The zero-order valence-corrected chi connectivity index (χ0v) is 5.89. The van der Waals surface area contributed by atoms with Crippen molar-refractivity contribution in [2.45, 2.75) is 12.3 Å². The highest BCUT2D eigenvalue weighted by Gasteiger charge is 2.61. The number of carbonyl (C=O) groups excluding carboxylic acids is 1. The van der Waals surface area contributed by atoms with Gasteiger partial charge in [-0.1, -0.05) is 0 Å². The van der Waals surface area contributed by atoms with Crippen LogP contribution in [0.2, 0.25) is 0 Å². The fourth-order valence-electron chi connectivity index (χ4n) is 0.847. The van der Waals surface area contributed by atoms with Gasteiger partial charge in [0.15, 0.2) is 0 Å². The van der Waals surface area contributed by atoms with E-state index in [1.807, 2.05) is 0 Å². The van der Waals surface area contributed by atoms with Crippen molar-refractivity contribution in [3.63, 3.8) is 0 Å². The minimum Gasteiger partial charge on any atom is -0.469 e. The number of hydrogen-bond donors (Lipinski definition) is 0. The fraction of sp³-hybridized carbons (Fsp3) is 0.833. The second kappa shape index (κ2) is 2.20. The maximum Gasteiger partial charge on any atom is 0.314 e. The summed E-state index contributed by atoms with van der Waals surface area (Å²) in [6, 6.07) is 0. The van der Waals surface area contributed by atoms with E-state index in [4.69, 9.17) is 0 Å². The first-order valence-electron chi connectivity index (χ1n) is 2.96. The quantitative estimate of drug-likeness (QED) is 0.534. The Balaban J connectivity index is 2.44. The Morgan fingerprint density at radius 1 is 1.70 bits per heavy atom. The lowest BCUT2D eigenvalue weighted by Gasteiger charge is -2.01. The summed E-state index contributed by atoms with van der Waals surface area (Å²) in [6.45, 7) is 0. The van der Waals surface area contributed by atoms with Crippen LogP contribution in [-0.4, -0.2) is 26.0 Å². The number of halogens is 1. The second-order valence-electron chi connectivity index (χ2n) is 2.27. The van der Waals surface area contributed by atoms with E-state index < -0.39 is 17.7 Å². The molecule has 0 N–H and O–H groups in total. The molecule has 0 aliphatic heterocycles. The first-order chi connectivity index (χ1) is 4.64. The molecule has 1 aliphatic carbocycles. The van der Waals surface area contributed by atoms with Crippen LogP contribution < -0.4 is 0 Å². The first-order valence-corrected chi connectivity index (χ1v) is 2.96. The third kappa shape index (κ3) is 0.988. The Kier molecular flexibility index (Phi) is 1.64. The van der Waals surface area contributed by atoms with E-state index in [1.165, 1.54) is 14.2 Å². The van der Waals surface area contributed by atoms with Gasteiger partial charge in [0.2, 0.25) is 5.85 Å². The molecule has 3 nitrogen and oxygen atoms in total. The van der Waals surface area contributed by atoms with Gasteiger partial charge >= 0.3 is 5.97 Å². The lowest BCUT2D eigenvalue weighted by atomic mass is 10.4. The van der Waals surface area contributed by atoms with Gasteiger partial charge in [-0.25, -0.2) is 4.39 Å². The molecule has 1 saturated carbocycles. The van der Waals surface area contributed by atoms with Crippen molar-refractivity contribution in [3.8, 4) is 0 Å². The molecule has 1 rings (SSSR count). The number of methoxy groups -OCH3 is 2. The molecule has 0 heterocycles. The molecule has 0 bridgehead atoms. The van der Waals surface area contributed by atoms with Crippen LogP contribution >= 0.6 is 0 Å². The normalized spacial score (nSPS) is 37.3. The molecule has 0 spiro atoms. The van der Waals surface area contributed by atoms with Crippen molar-refractivity contribution in [3.05, 3.63) is 0 Å². The summed E-state index contributed by atoms with van der Waals surface area (Å²) in [4.78, 5) is 10.6. The number of esters is 1. The summed E-state index contributed by atoms with van der Waals surface area (Å²) in [5.74, 6) is -2.99. The lowest BCUT2D eigenvalue weighted by molar-refractivity contribution is -0.147. The van der Waals surface area contributed by atoms with Crippen LogP contribution in [0.1, 0.15) is 6.42 Å². The minimum absolute atomic E-state index is 0.121. The monoisotopic (exact) mass is 148 g/mol. The number of alkyl halides is 1. The van der Waals surface area contributed by atoms with Gasteiger partial charge in [0, 0.05) is 13.5 Å². The molecule has 1 aliphatic rings. The highest BCUT2D eigenvalue weighted by Crippen LogP contribution is 2.48. The average Bonchev–Trinajstić information content (AvgIpc) is 2.62. The van der Waals surface area contributed by atoms with Crippen molar-refractivity contribution >= 4 is 5.97 Å². The van der Waals surface area contributed by atoms with E-state index >= 15 is 0 Å². The summed E-state index contributed by atoms with van der Waals surface area (Å²) >= 11 is 0. The van der Waals surface area contributed by atoms with Crippen molar-refractivity contribution in [2.75, 3.05) is 14.2 Å². The lowest BCUT2D eigenvalue weighted by Crippen LogP contribution is -2.14. The van der Waals surface area contributed by atoms with Crippen LogP contribution in [-0.2, 0) is 14.3 Å². The van der Waals surface area contributed by atoms with Crippen LogP contribution in [0, 0.1) is 5.92 Å². The molecule has 2 atom stereocenters. The zero-order valence-electron chi connectivity index (χ0n) is 5.89. The summed E-state index contributed by atoms with van der Waals surface area (Å²) < 4.78 is 21.5. The number of ether oxygens (including phenoxy) is 2. The maximum atomic E-state index is 12.8. The Labute approximate surface area is 58.1 Å². The summed E-state index contributed by atoms with van der Waals surface area (Å²) in [7, 11) is 2.47. The third-order valence-corrected chi connectivity index (χ3v) is 1.67.